The van der Waals surface area contributed by atoms with Gasteiger partial charge < -0.3 is 9.52 Å². The minimum atomic E-state index is 0.290. The molecule has 13 heavy (non-hydrogen) atoms. The van der Waals surface area contributed by atoms with Gasteiger partial charge in [0.1, 0.15) is 16.9 Å². The average Bonchev–Trinajstić information content (AvgIpc) is 2.62. The van der Waals surface area contributed by atoms with Crippen LogP contribution in [0.3, 0.4) is 0 Å². The summed E-state index contributed by atoms with van der Waals surface area (Å²) in [5, 5.41) is 12.4. The molecule has 0 saturated heterocycles. The molecular weight excluding hydrogens is 184 g/mol. The van der Waals surface area contributed by atoms with Crippen molar-refractivity contribution >= 4 is 32.6 Å². The molecule has 2 aromatic heterocycles. The fourth-order valence-corrected chi connectivity index (χ4v) is 2.39. The molecular formula is C10H6O2S. The lowest BCUT2D eigenvalue weighted by molar-refractivity contribution is 0.481. The van der Waals surface area contributed by atoms with Crippen molar-refractivity contribution in [1.29, 1.82) is 0 Å². The van der Waals surface area contributed by atoms with Crippen LogP contribution in [0.1, 0.15) is 0 Å². The van der Waals surface area contributed by atoms with E-state index >= 15 is 0 Å². The van der Waals surface area contributed by atoms with E-state index in [9.17, 15) is 5.11 Å². The monoisotopic (exact) mass is 190 g/mol. The Bertz CT molecular complexity index is 577. The van der Waals surface area contributed by atoms with Crippen LogP contribution in [0.15, 0.2) is 34.1 Å². The standard InChI is InChI=1S/C10H6O2S/c11-6-2-1-3-7-9(6)10-8(12-7)4-5-13-10/h1-5,11H. The zero-order valence-corrected chi connectivity index (χ0v) is 7.47. The van der Waals surface area contributed by atoms with Crippen LogP contribution in [0.25, 0.3) is 21.3 Å². The smallest absolute Gasteiger partial charge is 0.146 e. The van der Waals surface area contributed by atoms with Crippen molar-refractivity contribution in [3.8, 4) is 5.75 Å². The number of furan rings is 1. The molecule has 1 N–H and O–H groups in total. The van der Waals surface area contributed by atoms with Crippen molar-refractivity contribution in [2.75, 3.05) is 0 Å². The van der Waals surface area contributed by atoms with Crippen LogP contribution in [0, 0.1) is 0 Å². The first-order valence-electron chi connectivity index (χ1n) is 3.94. The molecule has 0 bridgehead atoms. The van der Waals surface area contributed by atoms with Crippen LogP contribution in [-0.2, 0) is 0 Å². The van der Waals surface area contributed by atoms with Gasteiger partial charge in [-0.25, -0.2) is 0 Å². The summed E-state index contributed by atoms with van der Waals surface area (Å²) >= 11 is 1.58. The maximum atomic E-state index is 9.62. The number of rotatable bonds is 0. The molecule has 0 aliphatic rings. The van der Waals surface area contributed by atoms with Crippen molar-refractivity contribution in [2.45, 2.75) is 0 Å². The van der Waals surface area contributed by atoms with Crippen LogP contribution >= 0.6 is 11.3 Å². The molecule has 0 amide bonds. The molecule has 3 heteroatoms. The molecule has 1 aromatic carbocycles. The van der Waals surface area contributed by atoms with E-state index in [1.165, 1.54) is 0 Å². The fourth-order valence-electron chi connectivity index (χ4n) is 1.51. The number of phenolic OH excluding ortho intramolecular Hbond substituents is 1. The van der Waals surface area contributed by atoms with Crippen LogP contribution < -0.4 is 0 Å². The second-order valence-electron chi connectivity index (χ2n) is 2.87. The van der Waals surface area contributed by atoms with Crippen molar-refractivity contribution in [1.82, 2.24) is 0 Å². The predicted molar refractivity (Wildman–Crippen MR) is 53.3 cm³/mol. The van der Waals surface area contributed by atoms with Crippen LogP contribution in [-0.4, -0.2) is 5.11 Å². The fraction of sp³-hybridized carbons (Fsp3) is 0. The lowest BCUT2D eigenvalue weighted by Gasteiger charge is -1.91. The van der Waals surface area contributed by atoms with Gasteiger partial charge >= 0.3 is 0 Å². The first kappa shape index (κ1) is 6.97. The van der Waals surface area contributed by atoms with Crippen LogP contribution in [0.5, 0.6) is 5.75 Å². The summed E-state index contributed by atoms with van der Waals surface area (Å²) < 4.78 is 6.55. The van der Waals surface area contributed by atoms with Gasteiger partial charge in [0.25, 0.3) is 0 Å². The zero-order valence-electron chi connectivity index (χ0n) is 6.65. The third-order valence-electron chi connectivity index (χ3n) is 2.08. The van der Waals surface area contributed by atoms with E-state index in [1.807, 2.05) is 17.5 Å². The Morgan fingerprint density at radius 1 is 1.15 bits per heavy atom. The van der Waals surface area contributed by atoms with E-state index in [1.54, 1.807) is 23.5 Å². The van der Waals surface area contributed by atoms with Gasteiger partial charge in [-0.3, -0.25) is 0 Å². The Balaban J connectivity index is 2.68. The van der Waals surface area contributed by atoms with Gasteiger partial charge in [0.2, 0.25) is 0 Å². The number of hydrogen-bond acceptors (Lipinski definition) is 3. The van der Waals surface area contributed by atoms with Gasteiger partial charge in [-0.15, -0.1) is 11.3 Å². The molecule has 0 fully saturated rings. The Hall–Kier alpha value is -1.48. The lowest BCUT2D eigenvalue weighted by atomic mass is 10.2. The SMILES string of the molecule is Oc1cccc2oc3ccsc3c12. The van der Waals surface area contributed by atoms with Crippen molar-refractivity contribution < 1.29 is 9.52 Å². The maximum absolute atomic E-state index is 9.62. The number of thiophene rings is 1. The lowest BCUT2D eigenvalue weighted by Crippen LogP contribution is -1.64. The third kappa shape index (κ3) is 0.820. The summed E-state index contributed by atoms with van der Waals surface area (Å²) in [6.07, 6.45) is 0. The highest BCUT2D eigenvalue weighted by Crippen LogP contribution is 2.37. The normalized spacial score (nSPS) is 11.4. The first-order valence-corrected chi connectivity index (χ1v) is 4.82. The summed E-state index contributed by atoms with van der Waals surface area (Å²) in [5.74, 6) is 0.290. The summed E-state index contributed by atoms with van der Waals surface area (Å²) in [6.45, 7) is 0. The zero-order chi connectivity index (χ0) is 8.84. The van der Waals surface area contributed by atoms with Crippen LogP contribution in [0.2, 0.25) is 0 Å². The van der Waals surface area contributed by atoms with Gasteiger partial charge in [0.15, 0.2) is 0 Å². The van der Waals surface area contributed by atoms with E-state index in [0.29, 0.717) is 5.75 Å². The Labute approximate surface area is 78.0 Å². The highest BCUT2D eigenvalue weighted by molar-refractivity contribution is 7.18. The van der Waals surface area contributed by atoms with E-state index in [0.717, 1.165) is 21.3 Å². The Kier molecular flexibility index (Phi) is 1.21. The van der Waals surface area contributed by atoms with E-state index in [-0.39, 0.29) is 0 Å². The van der Waals surface area contributed by atoms with Crippen molar-refractivity contribution in [3.63, 3.8) is 0 Å². The molecule has 3 aromatic rings. The molecule has 0 radical (unpaired) electrons. The maximum Gasteiger partial charge on any atom is 0.146 e. The summed E-state index contributed by atoms with van der Waals surface area (Å²) in [7, 11) is 0. The molecule has 0 atom stereocenters. The molecule has 0 aliphatic heterocycles. The number of benzene rings is 1. The molecule has 2 nitrogen and oxygen atoms in total. The second kappa shape index (κ2) is 2.26. The van der Waals surface area contributed by atoms with Gasteiger partial charge in [-0.05, 0) is 23.6 Å². The molecule has 2 heterocycles. The quantitative estimate of drug-likeness (QED) is 0.589. The molecule has 0 unspecified atom stereocenters. The average molecular weight is 190 g/mol. The molecule has 3 rings (SSSR count). The Morgan fingerprint density at radius 3 is 3.00 bits per heavy atom. The minimum Gasteiger partial charge on any atom is -0.507 e. The molecule has 0 saturated carbocycles. The number of aromatic hydroxyl groups is 1. The van der Waals surface area contributed by atoms with Gasteiger partial charge in [0.05, 0.1) is 10.1 Å². The summed E-state index contributed by atoms with van der Waals surface area (Å²) in [5.41, 5.74) is 1.60. The van der Waals surface area contributed by atoms with Crippen LogP contribution in [0.4, 0.5) is 0 Å². The minimum absolute atomic E-state index is 0.290. The largest absolute Gasteiger partial charge is 0.507 e. The first-order chi connectivity index (χ1) is 6.36. The van der Waals surface area contributed by atoms with E-state index < -0.39 is 0 Å². The van der Waals surface area contributed by atoms with Gasteiger partial charge in [0, 0.05) is 0 Å². The predicted octanol–water partition coefficient (Wildman–Crippen LogP) is 3.35. The van der Waals surface area contributed by atoms with Crippen molar-refractivity contribution in [2.24, 2.45) is 0 Å². The molecule has 0 aliphatic carbocycles. The highest BCUT2D eigenvalue weighted by atomic mass is 32.1. The topological polar surface area (TPSA) is 33.4 Å². The van der Waals surface area contributed by atoms with Crippen molar-refractivity contribution in [3.05, 3.63) is 29.6 Å². The van der Waals surface area contributed by atoms with E-state index in [4.69, 9.17) is 4.42 Å². The number of hydrogen-bond donors (Lipinski definition) is 1. The van der Waals surface area contributed by atoms with Gasteiger partial charge in [-0.2, -0.15) is 0 Å². The summed E-state index contributed by atoms with van der Waals surface area (Å²) in [6, 6.07) is 7.24. The Morgan fingerprint density at radius 2 is 2.08 bits per heavy atom. The van der Waals surface area contributed by atoms with E-state index in [2.05, 4.69) is 0 Å². The third-order valence-corrected chi connectivity index (χ3v) is 2.99. The highest BCUT2D eigenvalue weighted by Gasteiger charge is 2.10. The second-order valence-corrected chi connectivity index (χ2v) is 3.78. The summed E-state index contributed by atoms with van der Waals surface area (Å²) in [4.78, 5) is 0. The molecule has 0 spiro atoms. The molecule has 64 valence electrons. The number of phenols is 1. The van der Waals surface area contributed by atoms with Gasteiger partial charge in [-0.1, -0.05) is 6.07 Å². The number of fused-ring (bicyclic) bond motifs is 3.